The number of ether oxygens (including phenoxy) is 1. The highest BCUT2D eigenvalue weighted by Gasteiger charge is 2.40. The van der Waals surface area contributed by atoms with Crippen LogP contribution in [0.2, 0.25) is 0 Å². The van der Waals surface area contributed by atoms with Crippen molar-refractivity contribution in [2.75, 3.05) is 13.2 Å². The standard InChI is InChI=1S/C15H20N2O2S/c1-2-15(7-8-15)10-17-13(18)9-19-12-6-4-3-5-11(12)14(16)20/h3-6H,2,7-10H2,1H3,(H2,16,20)(H,17,18). The maximum absolute atomic E-state index is 11.8. The minimum Gasteiger partial charge on any atom is -0.483 e. The van der Waals surface area contributed by atoms with Crippen LogP contribution in [0.15, 0.2) is 24.3 Å². The molecule has 0 aliphatic heterocycles. The van der Waals surface area contributed by atoms with Crippen molar-refractivity contribution in [1.82, 2.24) is 5.32 Å². The Morgan fingerprint density at radius 1 is 1.45 bits per heavy atom. The Hall–Kier alpha value is -1.62. The fourth-order valence-electron chi connectivity index (χ4n) is 2.11. The lowest BCUT2D eigenvalue weighted by Gasteiger charge is -2.14. The maximum atomic E-state index is 11.8. The largest absolute Gasteiger partial charge is 0.483 e. The zero-order valence-corrected chi connectivity index (χ0v) is 12.5. The zero-order chi connectivity index (χ0) is 14.6. The van der Waals surface area contributed by atoms with E-state index in [2.05, 4.69) is 12.2 Å². The number of carbonyl (C=O) groups is 1. The Morgan fingerprint density at radius 3 is 2.75 bits per heavy atom. The van der Waals surface area contributed by atoms with Crippen LogP contribution in [-0.2, 0) is 4.79 Å². The predicted octanol–water partition coefficient (Wildman–Crippen LogP) is 2.01. The second-order valence-corrected chi connectivity index (χ2v) is 5.72. The molecular weight excluding hydrogens is 272 g/mol. The molecule has 0 bridgehead atoms. The second kappa shape index (κ2) is 6.22. The first-order valence-electron chi connectivity index (χ1n) is 6.85. The van der Waals surface area contributed by atoms with Crippen LogP contribution in [0.4, 0.5) is 0 Å². The van der Waals surface area contributed by atoms with E-state index in [4.69, 9.17) is 22.7 Å². The topological polar surface area (TPSA) is 64.3 Å². The van der Waals surface area contributed by atoms with E-state index in [9.17, 15) is 4.79 Å². The number of para-hydroxylation sites is 1. The number of hydrogen-bond acceptors (Lipinski definition) is 3. The first-order valence-corrected chi connectivity index (χ1v) is 7.25. The van der Waals surface area contributed by atoms with Gasteiger partial charge in [0, 0.05) is 6.54 Å². The highest BCUT2D eigenvalue weighted by Crippen LogP contribution is 2.47. The van der Waals surface area contributed by atoms with Gasteiger partial charge in [0.1, 0.15) is 10.7 Å². The van der Waals surface area contributed by atoms with E-state index in [1.54, 1.807) is 12.1 Å². The number of nitrogens with one attached hydrogen (secondary N) is 1. The highest BCUT2D eigenvalue weighted by atomic mass is 32.1. The molecule has 2 rings (SSSR count). The molecule has 0 spiro atoms. The lowest BCUT2D eigenvalue weighted by Crippen LogP contribution is -2.33. The van der Waals surface area contributed by atoms with Crippen molar-refractivity contribution in [2.24, 2.45) is 11.1 Å². The molecule has 0 saturated heterocycles. The Balaban J connectivity index is 1.83. The van der Waals surface area contributed by atoms with Gasteiger partial charge in [-0.25, -0.2) is 0 Å². The van der Waals surface area contributed by atoms with Crippen molar-refractivity contribution in [1.29, 1.82) is 0 Å². The van der Waals surface area contributed by atoms with Crippen molar-refractivity contribution >= 4 is 23.1 Å². The average Bonchev–Trinajstić information content (AvgIpc) is 3.24. The zero-order valence-electron chi connectivity index (χ0n) is 11.6. The van der Waals surface area contributed by atoms with Crippen molar-refractivity contribution in [3.8, 4) is 5.75 Å². The summed E-state index contributed by atoms with van der Waals surface area (Å²) in [4.78, 5) is 12.1. The number of amides is 1. The van der Waals surface area contributed by atoms with Crippen LogP contribution in [-0.4, -0.2) is 24.0 Å². The number of thiocarbonyl (C=S) groups is 1. The average molecular weight is 292 g/mol. The van der Waals surface area contributed by atoms with E-state index in [1.165, 1.54) is 12.8 Å². The summed E-state index contributed by atoms with van der Waals surface area (Å²) < 4.78 is 5.50. The van der Waals surface area contributed by atoms with Gasteiger partial charge in [-0.15, -0.1) is 0 Å². The molecule has 1 amide bonds. The summed E-state index contributed by atoms with van der Waals surface area (Å²) in [5.74, 6) is 0.439. The Labute approximate surface area is 124 Å². The van der Waals surface area contributed by atoms with Crippen LogP contribution in [0.3, 0.4) is 0 Å². The maximum Gasteiger partial charge on any atom is 0.257 e. The molecule has 3 N–H and O–H groups in total. The van der Waals surface area contributed by atoms with Crippen molar-refractivity contribution in [3.05, 3.63) is 29.8 Å². The van der Waals surface area contributed by atoms with E-state index < -0.39 is 0 Å². The molecule has 5 heteroatoms. The molecule has 1 fully saturated rings. The third-order valence-corrected chi connectivity index (χ3v) is 4.10. The molecule has 108 valence electrons. The van der Waals surface area contributed by atoms with Crippen LogP contribution < -0.4 is 15.8 Å². The number of hydrogen-bond donors (Lipinski definition) is 2. The monoisotopic (exact) mass is 292 g/mol. The van der Waals surface area contributed by atoms with E-state index >= 15 is 0 Å². The van der Waals surface area contributed by atoms with Gasteiger partial charge < -0.3 is 15.8 Å². The fraction of sp³-hybridized carbons (Fsp3) is 0.467. The third-order valence-electron chi connectivity index (χ3n) is 3.88. The Morgan fingerprint density at radius 2 is 2.15 bits per heavy atom. The molecule has 0 radical (unpaired) electrons. The first-order chi connectivity index (χ1) is 9.56. The minimum atomic E-state index is -0.109. The lowest BCUT2D eigenvalue weighted by molar-refractivity contribution is -0.123. The molecule has 1 aromatic rings. The van der Waals surface area contributed by atoms with Gasteiger partial charge in [-0.2, -0.15) is 0 Å². The summed E-state index contributed by atoms with van der Waals surface area (Å²) in [6.07, 6.45) is 3.52. The molecule has 0 unspecified atom stereocenters. The summed E-state index contributed by atoms with van der Waals surface area (Å²) in [6, 6.07) is 7.20. The molecule has 0 atom stereocenters. The molecule has 1 aliphatic carbocycles. The smallest absolute Gasteiger partial charge is 0.257 e. The lowest BCUT2D eigenvalue weighted by atomic mass is 10.0. The van der Waals surface area contributed by atoms with Gasteiger partial charge in [-0.1, -0.05) is 31.3 Å². The summed E-state index contributed by atoms with van der Waals surface area (Å²) in [7, 11) is 0. The molecule has 20 heavy (non-hydrogen) atoms. The first kappa shape index (κ1) is 14.8. The van der Waals surface area contributed by atoms with Crippen LogP contribution in [0.25, 0.3) is 0 Å². The molecule has 4 nitrogen and oxygen atoms in total. The normalized spacial score (nSPS) is 15.4. The van der Waals surface area contributed by atoms with Crippen LogP contribution in [0.1, 0.15) is 31.7 Å². The number of carbonyl (C=O) groups excluding carboxylic acids is 1. The third kappa shape index (κ3) is 3.70. The molecule has 0 aromatic heterocycles. The molecule has 1 aromatic carbocycles. The van der Waals surface area contributed by atoms with E-state index in [0.717, 1.165) is 13.0 Å². The number of rotatable bonds is 7. The van der Waals surface area contributed by atoms with Crippen molar-refractivity contribution in [2.45, 2.75) is 26.2 Å². The summed E-state index contributed by atoms with van der Waals surface area (Å²) >= 11 is 4.95. The molecular formula is C15H20N2O2S. The van der Waals surface area contributed by atoms with Gasteiger partial charge in [0.15, 0.2) is 6.61 Å². The van der Waals surface area contributed by atoms with E-state index in [0.29, 0.717) is 16.7 Å². The predicted molar refractivity (Wildman–Crippen MR) is 82.8 cm³/mol. The highest BCUT2D eigenvalue weighted by molar-refractivity contribution is 7.80. The van der Waals surface area contributed by atoms with E-state index in [-0.39, 0.29) is 17.5 Å². The summed E-state index contributed by atoms with van der Waals surface area (Å²) in [6.45, 7) is 2.89. The van der Waals surface area contributed by atoms with Crippen molar-refractivity contribution < 1.29 is 9.53 Å². The number of benzene rings is 1. The fourth-order valence-corrected chi connectivity index (χ4v) is 2.28. The summed E-state index contributed by atoms with van der Waals surface area (Å²) in [5.41, 5.74) is 6.61. The van der Waals surface area contributed by atoms with Crippen LogP contribution in [0.5, 0.6) is 5.75 Å². The summed E-state index contributed by atoms with van der Waals surface area (Å²) in [5, 5.41) is 2.93. The Kier molecular flexibility index (Phi) is 4.60. The number of nitrogens with two attached hydrogens (primary N) is 1. The SMILES string of the molecule is CCC1(CNC(=O)COc2ccccc2C(N)=S)CC1. The van der Waals surface area contributed by atoms with Gasteiger partial charge in [0.25, 0.3) is 5.91 Å². The van der Waals surface area contributed by atoms with E-state index in [1.807, 2.05) is 12.1 Å². The van der Waals surface area contributed by atoms with Crippen molar-refractivity contribution in [3.63, 3.8) is 0 Å². The van der Waals surface area contributed by atoms with Gasteiger partial charge in [0.05, 0.1) is 5.56 Å². The second-order valence-electron chi connectivity index (χ2n) is 5.28. The van der Waals surface area contributed by atoms with Gasteiger partial charge in [0.2, 0.25) is 0 Å². The van der Waals surface area contributed by atoms with Crippen LogP contribution in [0, 0.1) is 5.41 Å². The van der Waals surface area contributed by atoms with Gasteiger partial charge in [-0.3, -0.25) is 4.79 Å². The molecule has 1 saturated carbocycles. The Bertz CT molecular complexity index is 512. The van der Waals surface area contributed by atoms with Gasteiger partial charge >= 0.3 is 0 Å². The molecule has 0 heterocycles. The van der Waals surface area contributed by atoms with Gasteiger partial charge in [-0.05, 0) is 36.8 Å². The quantitative estimate of drug-likeness (QED) is 0.755. The molecule has 1 aliphatic rings. The minimum absolute atomic E-state index is 0.0145. The van der Waals surface area contributed by atoms with Crippen LogP contribution >= 0.6 is 12.2 Å².